The number of rotatable bonds is 52. The topological polar surface area (TPSA) is 95.9 Å². The summed E-state index contributed by atoms with van der Waals surface area (Å²) in [6.07, 6.45) is 65.9. The van der Waals surface area contributed by atoms with Crippen molar-refractivity contribution in [3.05, 3.63) is 36.5 Å². The third-order valence-electron chi connectivity index (χ3n) is 12.9. The molecule has 0 aromatic rings. The number of hydrogen-bond donors (Lipinski definition) is 3. The predicted molar refractivity (Wildman–Crippen MR) is 278 cm³/mol. The van der Waals surface area contributed by atoms with Gasteiger partial charge in [0, 0.05) is 12.8 Å². The fourth-order valence-electron chi connectivity index (χ4n) is 8.50. The summed E-state index contributed by atoms with van der Waals surface area (Å²) in [5, 5.41) is 23.0. The van der Waals surface area contributed by atoms with Crippen molar-refractivity contribution in [1.82, 2.24) is 5.32 Å². The van der Waals surface area contributed by atoms with Gasteiger partial charge in [-0.3, -0.25) is 9.59 Å². The number of ether oxygens (including phenoxy) is 1. The molecule has 64 heavy (non-hydrogen) atoms. The largest absolute Gasteiger partial charge is 0.466 e. The molecule has 2 unspecified atom stereocenters. The monoisotopic (exact) mass is 900 g/mol. The van der Waals surface area contributed by atoms with Gasteiger partial charge in [-0.05, 0) is 83.5 Å². The van der Waals surface area contributed by atoms with Crippen molar-refractivity contribution in [1.29, 1.82) is 0 Å². The van der Waals surface area contributed by atoms with Crippen LogP contribution in [-0.4, -0.2) is 47.4 Å². The minimum absolute atomic E-state index is 0.00366. The summed E-state index contributed by atoms with van der Waals surface area (Å²) in [5.41, 5.74) is 0. The van der Waals surface area contributed by atoms with Crippen LogP contribution in [0.3, 0.4) is 0 Å². The van der Waals surface area contributed by atoms with Gasteiger partial charge in [-0.15, -0.1) is 0 Å². The molecule has 6 nitrogen and oxygen atoms in total. The maximum atomic E-state index is 12.4. The Hall–Kier alpha value is -1.92. The van der Waals surface area contributed by atoms with Gasteiger partial charge < -0.3 is 20.3 Å². The quantitative estimate of drug-likeness (QED) is 0.0321. The number of nitrogens with one attached hydrogen (secondary N) is 1. The molecule has 0 aliphatic heterocycles. The van der Waals surface area contributed by atoms with Gasteiger partial charge in [0.1, 0.15) is 0 Å². The van der Waals surface area contributed by atoms with Crippen molar-refractivity contribution in [2.45, 2.75) is 309 Å². The maximum absolute atomic E-state index is 12.4. The first-order valence-electron chi connectivity index (χ1n) is 28.3. The molecule has 0 rings (SSSR count). The Morgan fingerprint density at radius 3 is 1.11 bits per heavy atom. The van der Waals surface area contributed by atoms with E-state index in [0.29, 0.717) is 19.4 Å². The Kier molecular flexibility index (Phi) is 52.1. The summed E-state index contributed by atoms with van der Waals surface area (Å²) >= 11 is 0. The molecule has 0 fully saturated rings. The number of hydrogen-bond acceptors (Lipinski definition) is 5. The molecular weight excluding hydrogens is 791 g/mol. The van der Waals surface area contributed by atoms with Gasteiger partial charge in [-0.2, -0.15) is 0 Å². The van der Waals surface area contributed by atoms with E-state index in [2.05, 4.69) is 43.5 Å². The number of esters is 1. The summed E-state index contributed by atoms with van der Waals surface area (Å²) < 4.78 is 5.48. The van der Waals surface area contributed by atoms with E-state index in [1.54, 1.807) is 6.08 Å². The highest BCUT2D eigenvalue weighted by Gasteiger charge is 2.18. The first-order valence-corrected chi connectivity index (χ1v) is 28.3. The number of unbranched alkanes of at least 4 members (excludes halogenated alkanes) is 37. The van der Waals surface area contributed by atoms with Gasteiger partial charge in [-0.1, -0.05) is 237 Å². The van der Waals surface area contributed by atoms with Crippen LogP contribution in [-0.2, 0) is 14.3 Å². The summed E-state index contributed by atoms with van der Waals surface area (Å²) in [4.78, 5) is 24.5. The molecule has 0 saturated carbocycles. The second-order valence-corrected chi connectivity index (χ2v) is 19.3. The minimum Gasteiger partial charge on any atom is -0.466 e. The molecule has 0 aliphatic carbocycles. The van der Waals surface area contributed by atoms with E-state index in [4.69, 9.17) is 4.74 Å². The van der Waals surface area contributed by atoms with Crippen molar-refractivity contribution < 1.29 is 24.5 Å². The first-order chi connectivity index (χ1) is 31.5. The van der Waals surface area contributed by atoms with Crippen LogP contribution >= 0.6 is 0 Å². The Balaban J connectivity index is 3.44. The van der Waals surface area contributed by atoms with Crippen molar-refractivity contribution >= 4 is 11.9 Å². The molecule has 0 heterocycles. The fourth-order valence-corrected chi connectivity index (χ4v) is 8.50. The molecule has 1 amide bonds. The zero-order valence-electron chi connectivity index (χ0n) is 42.8. The molecule has 0 aromatic heterocycles. The molecule has 0 radical (unpaired) electrons. The molecule has 2 atom stereocenters. The number of aliphatic hydroxyl groups is 2. The number of amides is 1. The van der Waals surface area contributed by atoms with Crippen LogP contribution in [0.25, 0.3) is 0 Å². The molecule has 0 aromatic carbocycles. The lowest BCUT2D eigenvalue weighted by Gasteiger charge is -2.20. The number of aliphatic hydroxyl groups excluding tert-OH is 2. The number of carbonyl (C=O) groups is 2. The van der Waals surface area contributed by atoms with E-state index in [-0.39, 0.29) is 18.5 Å². The summed E-state index contributed by atoms with van der Waals surface area (Å²) in [6, 6.07) is -0.636. The van der Waals surface area contributed by atoms with Crippen molar-refractivity contribution in [2.24, 2.45) is 0 Å². The third-order valence-corrected chi connectivity index (χ3v) is 12.9. The van der Waals surface area contributed by atoms with Crippen LogP contribution in [0, 0.1) is 0 Å². The van der Waals surface area contributed by atoms with Gasteiger partial charge in [-0.25, -0.2) is 0 Å². The summed E-state index contributed by atoms with van der Waals surface area (Å²) in [5.74, 6) is -0.0853. The molecule has 6 heteroatoms. The number of carbonyl (C=O) groups excluding carboxylic acids is 2. The zero-order valence-corrected chi connectivity index (χ0v) is 42.8. The lowest BCUT2D eigenvalue weighted by molar-refractivity contribution is -0.143. The second-order valence-electron chi connectivity index (χ2n) is 19.3. The van der Waals surface area contributed by atoms with Crippen molar-refractivity contribution in [2.75, 3.05) is 13.2 Å². The van der Waals surface area contributed by atoms with Crippen LogP contribution in [0.4, 0.5) is 0 Å². The van der Waals surface area contributed by atoms with Crippen LogP contribution < -0.4 is 5.32 Å². The highest BCUT2D eigenvalue weighted by Crippen LogP contribution is 2.15. The third kappa shape index (κ3) is 49.5. The van der Waals surface area contributed by atoms with E-state index in [1.807, 2.05) is 6.08 Å². The second kappa shape index (κ2) is 53.7. The van der Waals surface area contributed by atoms with Gasteiger partial charge >= 0.3 is 5.97 Å². The molecule has 3 N–H and O–H groups in total. The van der Waals surface area contributed by atoms with E-state index < -0.39 is 12.1 Å². The van der Waals surface area contributed by atoms with Gasteiger partial charge in [0.2, 0.25) is 5.91 Å². The molecule has 0 aliphatic rings. The van der Waals surface area contributed by atoms with E-state index in [1.165, 1.54) is 212 Å². The Labute approximate surface area is 398 Å². The Morgan fingerprint density at radius 2 is 0.734 bits per heavy atom. The average molecular weight is 901 g/mol. The molecule has 376 valence electrons. The highest BCUT2D eigenvalue weighted by molar-refractivity contribution is 5.76. The molecule has 0 saturated heterocycles. The SMILES string of the molecule is CCCCCCCC/C=C\CCCCCCCCCCCC(=O)OCCCCCCCC/C=C\CCCCCCCCCC(=O)NC(CO)C(O)/C=C/CCCCCCCCCCC. The predicted octanol–water partition coefficient (Wildman–Crippen LogP) is 17.2. The normalized spacial score (nSPS) is 12.9. The lowest BCUT2D eigenvalue weighted by Crippen LogP contribution is -2.45. The first kappa shape index (κ1) is 62.1. The van der Waals surface area contributed by atoms with Crippen LogP contribution in [0.15, 0.2) is 36.5 Å². The highest BCUT2D eigenvalue weighted by atomic mass is 16.5. The van der Waals surface area contributed by atoms with Crippen LogP contribution in [0.1, 0.15) is 296 Å². The van der Waals surface area contributed by atoms with E-state index in [0.717, 1.165) is 57.8 Å². The minimum atomic E-state index is -0.851. The standard InChI is InChI=1S/C58H109NO5/c1-3-5-7-9-11-13-15-16-17-18-19-22-25-28-32-36-40-44-48-52-58(63)64-53-49-45-41-37-33-29-26-23-20-21-24-27-31-35-39-43-47-51-57(62)59-55(54-60)56(61)50-46-42-38-34-30-14-12-10-8-6-4-2/h16-17,20,23,46,50,55-56,60-61H,3-15,18-19,21-22,24-45,47-49,51-54H2,1-2H3,(H,59,62)/b17-16-,23-20-,50-46+. The van der Waals surface area contributed by atoms with Crippen LogP contribution in [0.5, 0.6) is 0 Å². The van der Waals surface area contributed by atoms with Crippen LogP contribution in [0.2, 0.25) is 0 Å². The van der Waals surface area contributed by atoms with Gasteiger partial charge in [0.25, 0.3) is 0 Å². The summed E-state index contributed by atoms with van der Waals surface area (Å²) in [6.45, 7) is 4.87. The van der Waals surface area contributed by atoms with Crippen molar-refractivity contribution in [3.63, 3.8) is 0 Å². The molecule has 0 bridgehead atoms. The Morgan fingerprint density at radius 1 is 0.422 bits per heavy atom. The maximum Gasteiger partial charge on any atom is 0.305 e. The van der Waals surface area contributed by atoms with E-state index in [9.17, 15) is 19.8 Å². The Bertz CT molecular complexity index is 1040. The smallest absolute Gasteiger partial charge is 0.305 e. The molecule has 0 spiro atoms. The lowest BCUT2D eigenvalue weighted by atomic mass is 10.1. The average Bonchev–Trinajstić information content (AvgIpc) is 3.29. The van der Waals surface area contributed by atoms with Crippen molar-refractivity contribution in [3.8, 4) is 0 Å². The fraction of sp³-hybridized carbons (Fsp3) is 0.862. The summed E-state index contributed by atoms with van der Waals surface area (Å²) in [7, 11) is 0. The number of allylic oxidation sites excluding steroid dienone is 5. The van der Waals surface area contributed by atoms with Gasteiger partial charge in [0.15, 0.2) is 0 Å². The molecular formula is C58H109NO5. The van der Waals surface area contributed by atoms with E-state index >= 15 is 0 Å². The zero-order chi connectivity index (χ0) is 46.5. The van der Waals surface area contributed by atoms with Gasteiger partial charge in [0.05, 0.1) is 25.4 Å².